The molecule has 1 heterocycles. The number of pyridine rings is 1. The summed E-state index contributed by atoms with van der Waals surface area (Å²) in [6.45, 7) is 6.05. The van der Waals surface area contributed by atoms with Gasteiger partial charge in [0.2, 0.25) is 5.91 Å². The van der Waals surface area contributed by atoms with Crippen LogP contribution in [0.5, 0.6) is 0 Å². The maximum atomic E-state index is 13.2. The highest BCUT2D eigenvalue weighted by molar-refractivity contribution is 5.98. The quantitative estimate of drug-likeness (QED) is 0.517. The summed E-state index contributed by atoms with van der Waals surface area (Å²) in [5, 5.41) is 13.9. The molecule has 0 aliphatic heterocycles. The third kappa shape index (κ3) is 6.62. The number of aliphatic carboxylic acids is 1. The highest BCUT2D eigenvalue weighted by Crippen LogP contribution is 2.19. The number of amides is 2. The molecule has 0 spiro atoms. The molecule has 7 heteroatoms. The third-order valence-electron chi connectivity index (χ3n) is 5.25. The summed E-state index contributed by atoms with van der Waals surface area (Å²) in [7, 11) is 0. The van der Waals surface area contributed by atoms with Crippen molar-refractivity contribution in [3.63, 3.8) is 0 Å². The van der Waals surface area contributed by atoms with Gasteiger partial charge in [0.1, 0.15) is 5.69 Å². The van der Waals surface area contributed by atoms with Crippen LogP contribution in [0.15, 0.2) is 60.8 Å². The van der Waals surface area contributed by atoms with Gasteiger partial charge < -0.3 is 15.3 Å². The number of nitrogens with one attached hydrogen (secondary N) is 1. The maximum Gasteiger partial charge on any atom is 0.305 e. The second-order valence-corrected chi connectivity index (χ2v) is 8.62. The van der Waals surface area contributed by atoms with Crippen molar-refractivity contribution in [2.75, 3.05) is 13.1 Å². The lowest BCUT2D eigenvalue weighted by Gasteiger charge is -2.25. The van der Waals surface area contributed by atoms with Gasteiger partial charge in [-0.1, -0.05) is 67.9 Å². The molecule has 0 bridgehead atoms. The average molecular weight is 448 g/mol. The first-order valence-corrected chi connectivity index (χ1v) is 10.9. The van der Waals surface area contributed by atoms with E-state index in [2.05, 4.69) is 10.3 Å². The summed E-state index contributed by atoms with van der Waals surface area (Å²) in [5.41, 5.74) is 2.01. The van der Waals surface area contributed by atoms with Crippen molar-refractivity contribution in [2.45, 2.75) is 33.2 Å². The Morgan fingerprint density at radius 2 is 1.70 bits per heavy atom. The number of nitrogens with zero attached hydrogens (tertiary/aromatic N) is 2. The van der Waals surface area contributed by atoms with Crippen molar-refractivity contribution < 1.29 is 19.5 Å². The Balaban J connectivity index is 1.78. The van der Waals surface area contributed by atoms with Crippen LogP contribution in [-0.4, -0.2) is 45.9 Å². The normalized spacial score (nSPS) is 11.9. The van der Waals surface area contributed by atoms with E-state index in [0.717, 1.165) is 16.3 Å². The second-order valence-electron chi connectivity index (χ2n) is 8.62. The van der Waals surface area contributed by atoms with E-state index in [4.69, 9.17) is 0 Å². The number of carbonyl (C=O) groups excluding carboxylic acids is 2. The minimum Gasteiger partial charge on any atom is -0.481 e. The molecule has 2 N–H and O–H groups in total. The lowest BCUT2D eigenvalue weighted by Crippen LogP contribution is -2.43. The largest absolute Gasteiger partial charge is 0.481 e. The van der Waals surface area contributed by atoms with E-state index in [-0.39, 0.29) is 30.5 Å². The SMILES string of the molecule is Cc1ccc(C(CC(=O)O)NC(=O)CN(CC(C)C)C(=O)c2cc3ccccc3cn2)cc1. The smallest absolute Gasteiger partial charge is 0.305 e. The fourth-order valence-electron chi connectivity index (χ4n) is 3.66. The first-order valence-electron chi connectivity index (χ1n) is 10.9. The fourth-order valence-corrected chi connectivity index (χ4v) is 3.66. The summed E-state index contributed by atoms with van der Waals surface area (Å²) in [6, 6.07) is 16.0. The summed E-state index contributed by atoms with van der Waals surface area (Å²) in [4.78, 5) is 43.3. The van der Waals surface area contributed by atoms with Crippen LogP contribution in [-0.2, 0) is 9.59 Å². The molecule has 3 aromatic rings. The fraction of sp³-hybridized carbons (Fsp3) is 0.308. The third-order valence-corrected chi connectivity index (χ3v) is 5.25. The molecule has 1 atom stereocenters. The van der Waals surface area contributed by atoms with Crippen LogP contribution >= 0.6 is 0 Å². The minimum absolute atomic E-state index is 0.133. The number of hydrogen-bond acceptors (Lipinski definition) is 4. The zero-order valence-corrected chi connectivity index (χ0v) is 19.1. The Morgan fingerprint density at radius 3 is 2.33 bits per heavy atom. The van der Waals surface area contributed by atoms with Gasteiger partial charge >= 0.3 is 5.97 Å². The van der Waals surface area contributed by atoms with Gasteiger partial charge in [0.25, 0.3) is 5.91 Å². The topological polar surface area (TPSA) is 99.6 Å². The standard InChI is InChI=1S/C26H29N3O4/c1-17(2)15-29(26(33)23-12-20-6-4-5-7-21(20)14-27-23)16-24(30)28-22(13-25(31)32)19-10-8-18(3)9-11-19/h4-12,14,17,22H,13,15-16H2,1-3H3,(H,28,30)(H,31,32). The van der Waals surface area contributed by atoms with Gasteiger partial charge in [0.15, 0.2) is 0 Å². The van der Waals surface area contributed by atoms with E-state index in [1.807, 2.05) is 57.2 Å². The van der Waals surface area contributed by atoms with Crippen LogP contribution in [0.25, 0.3) is 10.8 Å². The second kappa shape index (κ2) is 10.7. The molecule has 0 fully saturated rings. The summed E-state index contributed by atoms with van der Waals surface area (Å²) >= 11 is 0. The molecular weight excluding hydrogens is 418 g/mol. The predicted molar refractivity (Wildman–Crippen MR) is 127 cm³/mol. The molecule has 7 nitrogen and oxygen atoms in total. The van der Waals surface area contributed by atoms with Crippen LogP contribution in [0, 0.1) is 12.8 Å². The van der Waals surface area contributed by atoms with E-state index in [9.17, 15) is 19.5 Å². The number of aryl methyl sites for hydroxylation is 1. The van der Waals surface area contributed by atoms with Crippen LogP contribution < -0.4 is 5.32 Å². The highest BCUT2D eigenvalue weighted by atomic mass is 16.4. The maximum absolute atomic E-state index is 13.2. The zero-order chi connectivity index (χ0) is 24.0. The lowest BCUT2D eigenvalue weighted by molar-refractivity contribution is -0.137. The predicted octanol–water partition coefficient (Wildman–Crippen LogP) is 3.97. The van der Waals surface area contributed by atoms with Crippen LogP contribution in [0.1, 0.15) is 47.9 Å². The summed E-state index contributed by atoms with van der Waals surface area (Å²) < 4.78 is 0. The van der Waals surface area contributed by atoms with Crippen molar-refractivity contribution in [1.29, 1.82) is 0 Å². The molecule has 0 saturated heterocycles. The number of carboxylic acids is 1. The number of fused-ring (bicyclic) bond motifs is 1. The molecule has 1 aromatic heterocycles. The van der Waals surface area contributed by atoms with E-state index in [0.29, 0.717) is 12.1 Å². The van der Waals surface area contributed by atoms with Crippen molar-refractivity contribution in [3.8, 4) is 0 Å². The Hall–Kier alpha value is -3.74. The Bertz CT molecular complexity index is 1140. The van der Waals surface area contributed by atoms with Crippen LogP contribution in [0.2, 0.25) is 0 Å². The molecule has 0 aliphatic carbocycles. The van der Waals surface area contributed by atoms with Gasteiger partial charge in [-0.25, -0.2) is 0 Å². The van der Waals surface area contributed by atoms with Gasteiger partial charge in [-0.3, -0.25) is 19.4 Å². The molecule has 1 unspecified atom stereocenters. The molecule has 0 aliphatic rings. The molecule has 3 rings (SSSR count). The van der Waals surface area contributed by atoms with Crippen LogP contribution in [0.4, 0.5) is 0 Å². The molecule has 2 aromatic carbocycles. The minimum atomic E-state index is -1.02. The van der Waals surface area contributed by atoms with Gasteiger partial charge in [0, 0.05) is 18.1 Å². The van der Waals surface area contributed by atoms with Crippen molar-refractivity contribution in [3.05, 3.63) is 77.6 Å². The number of aromatic nitrogens is 1. The molecule has 172 valence electrons. The zero-order valence-electron chi connectivity index (χ0n) is 19.1. The summed E-state index contributed by atoms with van der Waals surface area (Å²) in [5.74, 6) is -1.64. The van der Waals surface area contributed by atoms with Crippen LogP contribution in [0.3, 0.4) is 0 Å². The van der Waals surface area contributed by atoms with E-state index < -0.39 is 17.9 Å². The van der Waals surface area contributed by atoms with Gasteiger partial charge in [-0.2, -0.15) is 0 Å². The van der Waals surface area contributed by atoms with Gasteiger partial charge in [-0.05, 0) is 29.9 Å². The number of carbonyl (C=O) groups is 3. The Labute approximate surface area is 193 Å². The Morgan fingerprint density at radius 1 is 1.03 bits per heavy atom. The lowest BCUT2D eigenvalue weighted by atomic mass is 10.0. The monoisotopic (exact) mass is 447 g/mol. The molecule has 0 radical (unpaired) electrons. The molecular formula is C26H29N3O4. The van der Waals surface area contributed by atoms with E-state index >= 15 is 0 Å². The number of hydrogen-bond donors (Lipinski definition) is 2. The van der Waals surface area contributed by atoms with Crippen molar-refractivity contribution >= 4 is 28.6 Å². The van der Waals surface area contributed by atoms with E-state index in [1.165, 1.54) is 4.90 Å². The summed E-state index contributed by atoms with van der Waals surface area (Å²) in [6.07, 6.45) is 1.40. The molecule has 33 heavy (non-hydrogen) atoms. The molecule has 2 amide bonds. The van der Waals surface area contributed by atoms with Gasteiger partial charge in [0.05, 0.1) is 19.0 Å². The Kier molecular flexibility index (Phi) is 7.77. The molecule has 0 saturated carbocycles. The first kappa shape index (κ1) is 23.9. The highest BCUT2D eigenvalue weighted by Gasteiger charge is 2.24. The number of carboxylic acid groups (broad SMARTS) is 1. The van der Waals surface area contributed by atoms with Crippen molar-refractivity contribution in [1.82, 2.24) is 15.2 Å². The van der Waals surface area contributed by atoms with E-state index in [1.54, 1.807) is 24.4 Å². The van der Waals surface area contributed by atoms with Gasteiger partial charge in [-0.15, -0.1) is 0 Å². The number of rotatable bonds is 9. The average Bonchev–Trinajstić information content (AvgIpc) is 2.77. The number of benzene rings is 2. The van der Waals surface area contributed by atoms with Crippen molar-refractivity contribution in [2.24, 2.45) is 5.92 Å². The first-order chi connectivity index (χ1) is 15.7.